The van der Waals surface area contributed by atoms with E-state index < -0.39 is 23.3 Å². The summed E-state index contributed by atoms with van der Waals surface area (Å²) in [5.74, 6) is -0.918. The molecule has 0 aromatic carbocycles. The smallest absolute Gasteiger partial charge is 0.334 e. The molecule has 2 aliphatic carbocycles. The maximum atomic E-state index is 12.1. The highest BCUT2D eigenvalue weighted by atomic mass is 16.7. The van der Waals surface area contributed by atoms with Crippen molar-refractivity contribution in [3.05, 3.63) is 36.0 Å². The maximum Gasteiger partial charge on any atom is 0.334 e. The van der Waals surface area contributed by atoms with Gasteiger partial charge in [-0.2, -0.15) is 0 Å². The van der Waals surface area contributed by atoms with Crippen LogP contribution in [-0.4, -0.2) is 44.3 Å². The Balaban J connectivity index is 2.57. The molecule has 0 radical (unpaired) electrons. The van der Waals surface area contributed by atoms with Crippen LogP contribution in [0.25, 0.3) is 0 Å². The quantitative estimate of drug-likeness (QED) is 0.478. The van der Waals surface area contributed by atoms with Crippen LogP contribution in [0.3, 0.4) is 0 Å². The van der Waals surface area contributed by atoms with Gasteiger partial charge in [-0.15, -0.1) is 0 Å². The number of carbonyl (C=O) groups excluding carboxylic acids is 1. The SMILES string of the molecule is C=C(C)[C@@H]1C=C[C@@]2(C)C(C(=O)OC)=CC[C@@]2(O)[C@H]1C(OC)OC. The Morgan fingerprint density at radius 2 is 2.00 bits per heavy atom. The van der Waals surface area contributed by atoms with Crippen molar-refractivity contribution in [1.29, 1.82) is 0 Å². The van der Waals surface area contributed by atoms with Gasteiger partial charge in [0, 0.05) is 31.1 Å². The van der Waals surface area contributed by atoms with E-state index in [2.05, 4.69) is 6.58 Å². The molecule has 23 heavy (non-hydrogen) atoms. The molecular formula is C18H26O5. The molecule has 0 aliphatic heterocycles. The molecule has 0 saturated carbocycles. The summed E-state index contributed by atoms with van der Waals surface area (Å²) in [6.45, 7) is 7.80. The first-order valence-corrected chi connectivity index (χ1v) is 7.68. The zero-order chi connectivity index (χ0) is 17.4. The lowest BCUT2D eigenvalue weighted by molar-refractivity contribution is -0.215. The molecule has 0 spiro atoms. The van der Waals surface area contributed by atoms with Crippen LogP contribution in [0.4, 0.5) is 0 Å². The van der Waals surface area contributed by atoms with Crippen molar-refractivity contribution >= 4 is 5.97 Å². The summed E-state index contributed by atoms with van der Waals surface area (Å²) in [6.07, 6.45) is 5.34. The molecule has 0 fully saturated rings. The monoisotopic (exact) mass is 322 g/mol. The molecule has 5 heteroatoms. The zero-order valence-corrected chi connectivity index (χ0v) is 14.5. The molecule has 5 nitrogen and oxygen atoms in total. The predicted molar refractivity (Wildman–Crippen MR) is 86.5 cm³/mol. The molecule has 128 valence electrons. The van der Waals surface area contributed by atoms with Gasteiger partial charge in [0.15, 0.2) is 6.29 Å². The van der Waals surface area contributed by atoms with E-state index in [1.807, 2.05) is 26.0 Å². The summed E-state index contributed by atoms with van der Waals surface area (Å²) in [7, 11) is 4.44. The van der Waals surface area contributed by atoms with Gasteiger partial charge < -0.3 is 19.3 Å². The largest absolute Gasteiger partial charge is 0.466 e. The third kappa shape index (κ3) is 2.47. The van der Waals surface area contributed by atoms with E-state index in [-0.39, 0.29) is 11.8 Å². The Morgan fingerprint density at radius 1 is 1.39 bits per heavy atom. The van der Waals surface area contributed by atoms with Crippen molar-refractivity contribution in [1.82, 2.24) is 0 Å². The van der Waals surface area contributed by atoms with Gasteiger partial charge in [-0.3, -0.25) is 0 Å². The van der Waals surface area contributed by atoms with Crippen LogP contribution in [0.15, 0.2) is 36.0 Å². The van der Waals surface area contributed by atoms with Crippen LogP contribution in [0, 0.1) is 17.3 Å². The molecule has 2 rings (SSSR count). The topological polar surface area (TPSA) is 65.0 Å². The highest BCUT2D eigenvalue weighted by Gasteiger charge is 2.62. The summed E-state index contributed by atoms with van der Waals surface area (Å²) in [5, 5.41) is 11.6. The highest BCUT2D eigenvalue weighted by molar-refractivity contribution is 5.91. The van der Waals surface area contributed by atoms with Crippen LogP contribution in [0.5, 0.6) is 0 Å². The summed E-state index contributed by atoms with van der Waals surface area (Å²) >= 11 is 0. The maximum absolute atomic E-state index is 12.1. The van der Waals surface area contributed by atoms with Crippen molar-refractivity contribution in [2.75, 3.05) is 21.3 Å². The van der Waals surface area contributed by atoms with Gasteiger partial charge in [-0.05, 0) is 20.3 Å². The van der Waals surface area contributed by atoms with Crippen LogP contribution < -0.4 is 0 Å². The van der Waals surface area contributed by atoms with Gasteiger partial charge in [0.05, 0.1) is 18.6 Å². The molecule has 0 unspecified atom stereocenters. The lowest BCUT2D eigenvalue weighted by Crippen LogP contribution is -2.58. The molecule has 0 amide bonds. The van der Waals surface area contributed by atoms with Crippen molar-refractivity contribution in [2.45, 2.75) is 32.2 Å². The van der Waals surface area contributed by atoms with E-state index in [1.165, 1.54) is 7.11 Å². The number of ether oxygens (including phenoxy) is 3. The molecule has 0 aromatic heterocycles. The first-order valence-electron chi connectivity index (χ1n) is 7.68. The lowest BCUT2D eigenvalue weighted by Gasteiger charge is -2.51. The fraction of sp³-hybridized carbons (Fsp3) is 0.611. The Bertz CT molecular complexity index is 560. The summed E-state index contributed by atoms with van der Waals surface area (Å²) in [5.41, 5.74) is -0.695. The van der Waals surface area contributed by atoms with Crippen molar-refractivity contribution in [3.63, 3.8) is 0 Å². The number of esters is 1. The first kappa shape index (κ1) is 17.9. The average Bonchev–Trinajstić information content (AvgIpc) is 2.80. The van der Waals surface area contributed by atoms with Gasteiger partial charge in [0.1, 0.15) is 0 Å². The normalized spacial score (nSPS) is 35.9. The molecule has 0 saturated heterocycles. The number of allylic oxidation sites excluding steroid dienone is 2. The third-order valence-electron chi connectivity index (χ3n) is 5.38. The molecule has 0 heterocycles. The van der Waals surface area contributed by atoms with Crippen LogP contribution in [0.1, 0.15) is 20.3 Å². The van der Waals surface area contributed by atoms with Crippen LogP contribution in [0.2, 0.25) is 0 Å². The molecule has 1 N–H and O–H groups in total. The van der Waals surface area contributed by atoms with E-state index in [0.29, 0.717) is 12.0 Å². The van der Waals surface area contributed by atoms with E-state index >= 15 is 0 Å². The molecular weight excluding hydrogens is 296 g/mol. The fourth-order valence-corrected chi connectivity index (χ4v) is 4.00. The number of fused-ring (bicyclic) bond motifs is 1. The number of rotatable bonds is 5. The second-order valence-corrected chi connectivity index (χ2v) is 6.54. The van der Waals surface area contributed by atoms with Crippen molar-refractivity contribution in [3.8, 4) is 0 Å². The van der Waals surface area contributed by atoms with Gasteiger partial charge in [-0.25, -0.2) is 4.79 Å². The summed E-state index contributed by atoms with van der Waals surface area (Å²) < 4.78 is 15.8. The number of hydrogen-bond acceptors (Lipinski definition) is 5. The Hall–Kier alpha value is -1.43. The van der Waals surface area contributed by atoms with E-state index in [9.17, 15) is 9.90 Å². The van der Waals surface area contributed by atoms with Crippen molar-refractivity contribution < 1.29 is 24.1 Å². The molecule has 0 bridgehead atoms. The minimum Gasteiger partial charge on any atom is -0.466 e. The first-order chi connectivity index (χ1) is 10.8. The van der Waals surface area contributed by atoms with Crippen molar-refractivity contribution in [2.24, 2.45) is 17.3 Å². The van der Waals surface area contributed by atoms with Crippen LogP contribution >= 0.6 is 0 Å². The zero-order valence-electron chi connectivity index (χ0n) is 14.5. The Kier molecular flexibility index (Phi) is 4.85. The minimum atomic E-state index is -1.22. The van der Waals surface area contributed by atoms with E-state index in [1.54, 1.807) is 20.3 Å². The second-order valence-electron chi connectivity index (χ2n) is 6.54. The lowest BCUT2D eigenvalue weighted by atomic mass is 9.57. The summed E-state index contributed by atoms with van der Waals surface area (Å²) in [6, 6.07) is 0. The average molecular weight is 322 g/mol. The second kappa shape index (κ2) is 6.23. The Labute approximate surface area is 137 Å². The van der Waals surface area contributed by atoms with E-state index in [0.717, 1.165) is 5.57 Å². The predicted octanol–water partition coefficient (Wildman–Crippen LogP) is 2.22. The molecule has 2 aliphatic rings. The number of hydrogen-bond donors (Lipinski definition) is 1. The van der Waals surface area contributed by atoms with Gasteiger partial charge >= 0.3 is 5.97 Å². The third-order valence-corrected chi connectivity index (χ3v) is 5.38. The number of carbonyl (C=O) groups is 1. The number of aliphatic hydroxyl groups is 1. The fourth-order valence-electron chi connectivity index (χ4n) is 4.00. The summed E-state index contributed by atoms with van der Waals surface area (Å²) in [4.78, 5) is 12.1. The Morgan fingerprint density at radius 3 is 2.48 bits per heavy atom. The highest BCUT2D eigenvalue weighted by Crippen LogP contribution is 2.58. The van der Waals surface area contributed by atoms with Crippen LogP contribution in [-0.2, 0) is 19.0 Å². The van der Waals surface area contributed by atoms with Gasteiger partial charge in [-0.1, -0.05) is 30.4 Å². The van der Waals surface area contributed by atoms with Gasteiger partial charge in [0.25, 0.3) is 0 Å². The van der Waals surface area contributed by atoms with Gasteiger partial charge in [0.2, 0.25) is 0 Å². The molecule has 0 aromatic rings. The minimum absolute atomic E-state index is 0.108. The number of methoxy groups -OCH3 is 3. The van der Waals surface area contributed by atoms with E-state index in [4.69, 9.17) is 14.2 Å². The molecule has 4 atom stereocenters. The standard InChI is InChI=1S/C18H26O5/c1-11(2)12-7-9-17(3)13(15(19)21-4)8-10-18(17,20)14(12)16(22-5)23-6/h7-9,12,14,16,20H,1,10H2,2-6H3/t12-,14+,17-,18+/m0/s1.